The summed E-state index contributed by atoms with van der Waals surface area (Å²) < 4.78 is 1.50. The van der Waals surface area contributed by atoms with E-state index in [0.29, 0.717) is 0 Å². The van der Waals surface area contributed by atoms with E-state index in [0.717, 1.165) is 11.8 Å². The number of allylic oxidation sites excluding steroid dienone is 2. The van der Waals surface area contributed by atoms with Gasteiger partial charge in [0.2, 0.25) is 0 Å². The summed E-state index contributed by atoms with van der Waals surface area (Å²) in [5, 5.41) is 0. The molecule has 0 aromatic carbocycles. The molecule has 0 bridgehead atoms. The second-order valence-corrected chi connectivity index (χ2v) is 22.0. The summed E-state index contributed by atoms with van der Waals surface area (Å²) in [5.41, 5.74) is 1.80. The van der Waals surface area contributed by atoms with Gasteiger partial charge in [-0.25, -0.2) is 0 Å². The molecule has 82 valence electrons. The molecule has 0 aromatic rings. The molecule has 0 spiro atoms. The molecular weight excluding hydrogens is 275 g/mol. The molecule has 0 radical (unpaired) electrons. The first kappa shape index (κ1) is 12.6. The third kappa shape index (κ3) is 4.37. The first-order chi connectivity index (χ1) is 6.38. The Balaban J connectivity index is 2.45. The van der Waals surface area contributed by atoms with Crippen molar-refractivity contribution in [3.05, 3.63) is 11.6 Å². The van der Waals surface area contributed by atoms with Gasteiger partial charge in [-0.2, -0.15) is 0 Å². The standard InChI is InChI=1S/C10H17.3CH3.Sn/c1-8(2)10-6-4-9(3)5-7-10;;;;/h4,8,10H,3,5-7H2,1-2H3;3*1H3;. The van der Waals surface area contributed by atoms with Gasteiger partial charge in [-0.05, 0) is 0 Å². The molecule has 0 heterocycles. The van der Waals surface area contributed by atoms with Crippen molar-refractivity contribution in [1.82, 2.24) is 0 Å². The van der Waals surface area contributed by atoms with Gasteiger partial charge < -0.3 is 0 Å². The van der Waals surface area contributed by atoms with Crippen molar-refractivity contribution in [2.24, 2.45) is 11.8 Å². The van der Waals surface area contributed by atoms with Gasteiger partial charge in [0.15, 0.2) is 0 Å². The molecule has 0 aliphatic heterocycles. The number of hydrogen-bond donors (Lipinski definition) is 0. The maximum absolute atomic E-state index is 2.57. The van der Waals surface area contributed by atoms with Gasteiger partial charge in [0.1, 0.15) is 0 Å². The van der Waals surface area contributed by atoms with Crippen LogP contribution in [0.25, 0.3) is 0 Å². The van der Waals surface area contributed by atoms with Crippen LogP contribution in [-0.4, -0.2) is 18.4 Å². The van der Waals surface area contributed by atoms with Gasteiger partial charge in [-0.1, -0.05) is 0 Å². The Kier molecular flexibility index (Phi) is 4.54. The van der Waals surface area contributed by atoms with Gasteiger partial charge in [0.25, 0.3) is 0 Å². The van der Waals surface area contributed by atoms with Crippen LogP contribution in [0.5, 0.6) is 0 Å². The zero-order valence-corrected chi connectivity index (χ0v) is 13.4. The van der Waals surface area contributed by atoms with Crippen LogP contribution in [0.2, 0.25) is 19.3 Å². The molecule has 0 saturated heterocycles. The summed E-state index contributed by atoms with van der Waals surface area (Å²) in [5.74, 6) is 1.85. The van der Waals surface area contributed by atoms with Crippen LogP contribution in [0.1, 0.15) is 33.1 Å². The second-order valence-electron chi connectivity index (χ2n) is 6.38. The molecule has 0 N–H and O–H groups in total. The van der Waals surface area contributed by atoms with Gasteiger partial charge >= 0.3 is 94.2 Å². The molecule has 1 heteroatoms. The van der Waals surface area contributed by atoms with Crippen molar-refractivity contribution >= 4 is 18.4 Å². The molecule has 0 nitrogen and oxygen atoms in total. The van der Waals surface area contributed by atoms with Crippen LogP contribution >= 0.6 is 0 Å². The van der Waals surface area contributed by atoms with Crippen LogP contribution in [0.15, 0.2) is 11.6 Å². The molecule has 0 amide bonds. The van der Waals surface area contributed by atoms with Gasteiger partial charge in [-0.3, -0.25) is 0 Å². The van der Waals surface area contributed by atoms with E-state index in [1.807, 2.05) is 0 Å². The molecule has 1 unspecified atom stereocenters. The Morgan fingerprint density at radius 2 is 2.00 bits per heavy atom. The van der Waals surface area contributed by atoms with Gasteiger partial charge in [0.05, 0.1) is 0 Å². The van der Waals surface area contributed by atoms with E-state index >= 15 is 0 Å². The topological polar surface area (TPSA) is 0 Å². The Morgan fingerprint density at radius 3 is 2.36 bits per heavy atom. The molecule has 14 heavy (non-hydrogen) atoms. The minimum absolute atomic E-state index is 0.881. The molecule has 1 aliphatic rings. The summed E-state index contributed by atoms with van der Waals surface area (Å²) in [6.07, 6.45) is 6.77. The van der Waals surface area contributed by atoms with Crippen LogP contribution in [0.3, 0.4) is 0 Å². The van der Waals surface area contributed by atoms with Crippen LogP contribution in [0.4, 0.5) is 0 Å². The molecule has 0 saturated carbocycles. The van der Waals surface area contributed by atoms with Gasteiger partial charge in [0, 0.05) is 0 Å². The van der Waals surface area contributed by atoms with Gasteiger partial charge in [-0.15, -0.1) is 0 Å². The first-order valence-corrected chi connectivity index (χ1v) is 16.6. The average Bonchev–Trinajstić information content (AvgIpc) is 2.02. The zero-order valence-electron chi connectivity index (χ0n) is 10.6. The van der Waals surface area contributed by atoms with Crippen LogP contribution in [0, 0.1) is 11.8 Å². The molecule has 0 aromatic heterocycles. The Bertz CT molecular complexity index is 208. The summed E-state index contributed by atoms with van der Waals surface area (Å²) in [7, 11) is 0. The van der Waals surface area contributed by atoms with E-state index in [-0.39, 0.29) is 0 Å². The Morgan fingerprint density at radius 1 is 1.36 bits per heavy atom. The molecule has 1 atom stereocenters. The van der Waals surface area contributed by atoms with Crippen molar-refractivity contribution in [2.75, 3.05) is 0 Å². The average molecular weight is 301 g/mol. The summed E-state index contributed by atoms with van der Waals surface area (Å²) in [4.78, 5) is 7.64. The van der Waals surface area contributed by atoms with E-state index in [1.165, 1.54) is 23.7 Å². The Labute approximate surface area is 94.0 Å². The third-order valence-electron chi connectivity index (χ3n) is 3.25. The molecular formula is C13H26Sn. The first-order valence-electron chi connectivity index (χ1n) is 6.06. The SMILES string of the molecule is CC(C)C1CC=C([CH2][Sn]([CH3])([CH3])[CH3])CC1. The summed E-state index contributed by atoms with van der Waals surface area (Å²) in [6, 6.07) is 0. The molecule has 1 aliphatic carbocycles. The third-order valence-corrected chi connectivity index (χ3v) is 7.57. The molecule has 0 fully saturated rings. The monoisotopic (exact) mass is 302 g/mol. The van der Waals surface area contributed by atoms with Crippen molar-refractivity contribution in [3.63, 3.8) is 0 Å². The van der Waals surface area contributed by atoms with E-state index in [1.54, 1.807) is 5.57 Å². The quantitative estimate of drug-likeness (QED) is 0.523. The minimum atomic E-state index is -1.54. The van der Waals surface area contributed by atoms with Crippen LogP contribution in [-0.2, 0) is 0 Å². The van der Waals surface area contributed by atoms with Crippen molar-refractivity contribution in [3.8, 4) is 0 Å². The van der Waals surface area contributed by atoms with Crippen molar-refractivity contribution < 1.29 is 0 Å². The van der Waals surface area contributed by atoms with Crippen LogP contribution < -0.4 is 0 Å². The fraction of sp³-hybridized carbons (Fsp3) is 0.846. The maximum atomic E-state index is 2.57. The Hall–Kier alpha value is 0.539. The normalized spacial score (nSPS) is 23.9. The summed E-state index contributed by atoms with van der Waals surface area (Å²) >= 11 is -1.54. The fourth-order valence-corrected chi connectivity index (χ4v) is 7.16. The molecule has 1 rings (SSSR count). The van der Waals surface area contributed by atoms with E-state index < -0.39 is 18.4 Å². The predicted octanol–water partition coefficient (Wildman–Crippen LogP) is 4.71. The van der Waals surface area contributed by atoms with E-state index in [9.17, 15) is 0 Å². The predicted molar refractivity (Wildman–Crippen MR) is 68.4 cm³/mol. The van der Waals surface area contributed by atoms with E-state index in [4.69, 9.17) is 0 Å². The zero-order chi connectivity index (χ0) is 10.8. The number of hydrogen-bond acceptors (Lipinski definition) is 0. The van der Waals surface area contributed by atoms with Crippen molar-refractivity contribution in [1.29, 1.82) is 0 Å². The van der Waals surface area contributed by atoms with Crippen molar-refractivity contribution in [2.45, 2.75) is 52.4 Å². The van der Waals surface area contributed by atoms with E-state index in [2.05, 4.69) is 34.7 Å². The summed E-state index contributed by atoms with van der Waals surface area (Å²) in [6.45, 7) is 4.74. The second kappa shape index (κ2) is 5.05. The number of rotatable bonds is 3. The fourth-order valence-electron chi connectivity index (χ4n) is 2.36.